The van der Waals surface area contributed by atoms with Gasteiger partial charge in [-0.05, 0) is 24.5 Å². The van der Waals surface area contributed by atoms with Crippen LogP contribution in [-0.2, 0) is 4.79 Å². The molecular weight excluding hydrogens is 262 g/mol. The molecule has 0 fully saturated rings. The van der Waals surface area contributed by atoms with Crippen LogP contribution >= 0.6 is 0 Å². The van der Waals surface area contributed by atoms with E-state index in [-0.39, 0.29) is 17.2 Å². The third kappa shape index (κ3) is 3.95. The van der Waals surface area contributed by atoms with Crippen LogP contribution in [0.5, 0.6) is 0 Å². The lowest BCUT2D eigenvalue weighted by molar-refractivity contribution is -0.385. The monoisotopic (exact) mass is 277 g/mol. The molecule has 0 spiro atoms. The fourth-order valence-electron chi connectivity index (χ4n) is 1.77. The van der Waals surface area contributed by atoms with E-state index in [1.165, 1.54) is 18.2 Å². The molecule has 2 N–H and O–H groups in total. The third-order valence-electron chi connectivity index (χ3n) is 2.66. The van der Waals surface area contributed by atoms with E-state index in [2.05, 4.69) is 5.32 Å². The third-order valence-corrected chi connectivity index (χ3v) is 2.66. The van der Waals surface area contributed by atoms with Gasteiger partial charge in [-0.1, -0.05) is 13.8 Å². The Hall–Kier alpha value is -2.62. The number of hydrogen-bond donors (Lipinski definition) is 2. The molecule has 0 heterocycles. The van der Waals surface area contributed by atoms with Crippen LogP contribution < -0.4 is 5.32 Å². The molecule has 0 aliphatic carbocycles. The quantitative estimate of drug-likeness (QED) is 0.609. The molecule has 0 unspecified atom stereocenters. The number of hydrogen-bond acceptors (Lipinski definition) is 5. The van der Waals surface area contributed by atoms with Crippen LogP contribution in [-0.4, -0.2) is 22.0 Å². The molecular formula is C13H15N3O4. The Kier molecular flexibility index (Phi) is 5.03. The zero-order chi connectivity index (χ0) is 15.3. The summed E-state index contributed by atoms with van der Waals surface area (Å²) < 4.78 is 0. The van der Waals surface area contributed by atoms with Crippen LogP contribution in [0.15, 0.2) is 18.2 Å². The lowest BCUT2D eigenvalue weighted by atomic mass is 10.0. The van der Waals surface area contributed by atoms with Gasteiger partial charge in [-0.2, -0.15) is 5.26 Å². The number of rotatable bonds is 6. The summed E-state index contributed by atoms with van der Waals surface area (Å²) >= 11 is 0. The first-order valence-electron chi connectivity index (χ1n) is 6.03. The fourth-order valence-corrected chi connectivity index (χ4v) is 1.77. The average molecular weight is 277 g/mol. The minimum Gasteiger partial charge on any atom is -0.480 e. The number of nitro benzene ring substituents is 1. The number of nitriles is 1. The van der Waals surface area contributed by atoms with Crippen LogP contribution in [0.4, 0.5) is 11.4 Å². The first-order valence-corrected chi connectivity index (χ1v) is 6.03. The molecule has 0 saturated heterocycles. The van der Waals surface area contributed by atoms with E-state index in [0.29, 0.717) is 12.1 Å². The van der Waals surface area contributed by atoms with E-state index in [4.69, 9.17) is 10.4 Å². The number of aliphatic carboxylic acids is 1. The number of carboxylic acid groups (broad SMARTS) is 1. The molecule has 1 rings (SSSR count). The second kappa shape index (κ2) is 6.52. The molecule has 0 amide bonds. The maximum absolute atomic E-state index is 11.1. The van der Waals surface area contributed by atoms with Crippen LogP contribution in [0.2, 0.25) is 0 Å². The Morgan fingerprint density at radius 3 is 2.65 bits per heavy atom. The van der Waals surface area contributed by atoms with Crippen LogP contribution in [0, 0.1) is 27.4 Å². The van der Waals surface area contributed by atoms with Gasteiger partial charge in [0.1, 0.15) is 17.7 Å². The molecule has 1 aromatic carbocycles. The van der Waals surface area contributed by atoms with Gasteiger partial charge in [0.15, 0.2) is 0 Å². The van der Waals surface area contributed by atoms with Gasteiger partial charge >= 0.3 is 5.97 Å². The number of carboxylic acids is 1. The van der Waals surface area contributed by atoms with E-state index in [0.717, 1.165) is 0 Å². The van der Waals surface area contributed by atoms with Crippen molar-refractivity contribution in [2.24, 2.45) is 5.92 Å². The summed E-state index contributed by atoms with van der Waals surface area (Å²) in [6, 6.07) is 4.80. The summed E-state index contributed by atoms with van der Waals surface area (Å²) in [5.74, 6) is -0.826. The maximum atomic E-state index is 11.1. The predicted octanol–water partition coefficient (Wildman–Crippen LogP) is 2.38. The van der Waals surface area contributed by atoms with E-state index in [1.54, 1.807) is 6.07 Å². The zero-order valence-corrected chi connectivity index (χ0v) is 11.2. The van der Waals surface area contributed by atoms with Crippen molar-refractivity contribution < 1.29 is 14.8 Å². The number of nitro groups is 1. The van der Waals surface area contributed by atoms with Crippen molar-refractivity contribution in [3.05, 3.63) is 33.9 Å². The highest BCUT2D eigenvalue weighted by molar-refractivity contribution is 5.77. The van der Waals surface area contributed by atoms with Crippen molar-refractivity contribution in [3.8, 4) is 6.07 Å². The summed E-state index contributed by atoms with van der Waals surface area (Å²) in [5.41, 5.74) is -0.0253. The van der Waals surface area contributed by atoms with Crippen LogP contribution in [0.1, 0.15) is 25.8 Å². The fraction of sp³-hybridized carbons (Fsp3) is 0.385. The van der Waals surface area contributed by atoms with Gasteiger partial charge in [-0.15, -0.1) is 0 Å². The molecule has 1 aromatic rings. The SMILES string of the molecule is CC(C)C[C@H](Nc1ccc([N+](=O)[O-])c(C#N)c1)C(=O)O. The number of benzene rings is 1. The molecule has 0 saturated carbocycles. The largest absolute Gasteiger partial charge is 0.480 e. The van der Waals surface area contributed by atoms with Gasteiger partial charge in [0.25, 0.3) is 5.69 Å². The number of nitrogens with one attached hydrogen (secondary N) is 1. The Balaban J connectivity index is 3.00. The first kappa shape index (κ1) is 15.4. The topological polar surface area (TPSA) is 116 Å². The van der Waals surface area contributed by atoms with Crippen LogP contribution in [0.3, 0.4) is 0 Å². The molecule has 106 valence electrons. The summed E-state index contributed by atoms with van der Waals surface area (Å²) in [5, 5.41) is 31.5. The van der Waals surface area contributed by atoms with E-state index in [9.17, 15) is 14.9 Å². The minimum atomic E-state index is -1.00. The molecule has 7 nitrogen and oxygen atoms in total. The second-order valence-corrected chi connectivity index (χ2v) is 4.77. The van der Waals surface area contributed by atoms with Crippen molar-refractivity contribution in [1.29, 1.82) is 5.26 Å². The summed E-state index contributed by atoms with van der Waals surface area (Å²) in [7, 11) is 0. The molecule has 1 atom stereocenters. The van der Waals surface area contributed by atoms with Crippen LogP contribution in [0.25, 0.3) is 0 Å². The molecule has 0 aliphatic heterocycles. The Morgan fingerprint density at radius 2 is 2.20 bits per heavy atom. The minimum absolute atomic E-state index is 0.103. The standard InChI is InChI=1S/C13H15N3O4/c1-8(2)5-11(13(17)18)15-10-3-4-12(16(19)20)9(6-10)7-14/h3-4,6,8,11,15H,5H2,1-2H3,(H,17,18)/t11-/m0/s1. The normalized spacial score (nSPS) is 11.7. The Bertz CT molecular complexity index is 563. The van der Waals surface area contributed by atoms with Gasteiger partial charge < -0.3 is 10.4 Å². The molecule has 0 radical (unpaired) electrons. The molecule has 0 aromatic heterocycles. The van der Waals surface area contributed by atoms with Gasteiger partial charge in [0.05, 0.1) is 4.92 Å². The lowest BCUT2D eigenvalue weighted by Gasteiger charge is -2.17. The second-order valence-electron chi connectivity index (χ2n) is 4.77. The Morgan fingerprint density at radius 1 is 1.55 bits per heavy atom. The zero-order valence-electron chi connectivity index (χ0n) is 11.2. The van der Waals surface area contributed by atoms with Gasteiger partial charge in [-0.3, -0.25) is 10.1 Å². The average Bonchev–Trinajstić information content (AvgIpc) is 2.36. The molecule has 0 aliphatic rings. The van der Waals surface area contributed by atoms with Gasteiger partial charge in [-0.25, -0.2) is 4.79 Å². The maximum Gasteiger partial charge on any atom is 0.326 e. The molecule has 7 heteroatoms. The van der Waals surface area contributed by atoms with E-state index < -0.39 is 16.9 Å². The molecule has 20 heavy (non-hydrogen) atoms. The van der Waals surface area contributed by atoms with Crippen molar-refractivity contribution in [2.45, 2.75) is 26.3 Å². The van der Waals surface area contributed by atoms with Gasteiger partial charge in [0, 0.05) is 11.8 Å². The smallest absolute Gasteiger partial charge is 0.326 e. The Labute approximate surface area is 116 Å². The van der Waals surface area contributed by atoms with Crippen molar-refractivity contribution in [3.63, 3.8) is 0 Å². The highest BCUT2D eigenvalue weighted by Crippen LogP contribution is 2.23. The number of carbonyl (C=O) groups is 1. The summed E-state index contributed by atoms with van der Waals surface area (Å²) in [6.45, 7) is 3.79. The van der Waals surface area contributed by atoms with Crippen molar-refractivity contribution in [1.82, 2.24) is 0 Å². The summed E-state index contributed by atoms with van der Waals surface area (Å²) in [4.78, 5) is 21.2. The van der Waals surface area contributed by atoms with E-state index in [1.807, 2.05) is 13.8 Å². The lowest BCUT2D eigenvalue weighted by Crippen LogP contribution is -2.30. The first-order chi connectivity index (χ1) is 9.35. The highest BCUT2D eigenvalue weighted by Gasteiger charge is 2.20. The van der Waals surface area contributed by atoms with Gasteiger partial charge in [0.2, 0.25) is 0 Å². The number of anilines is 1. The number of nitrogens with zero attached hydrogens (tertiary/aromatic N) is 2. The highest BCUT2D eigenvalue weighted by atomic mass is 16.6. The van der Waals surface area contributed by atoms with E-state index >= 15 is 0 Å². The van der Waals surface area contributed by atoms with Crippen molar-refractivity contribution >= 4 is 17.3 Å². The van der Waals surface area contributed by atoms with Crippen molar-refractivity contribution in [2.75, 3.05) is 5.32 Å². The predicted molar refractivity (Wildman–Crippen MR) is 72.3 cm³/mol. The molecule has 0 bridgehead atoms. The summed E-state index contributed by atoms with van der Waals surface area (Å²) in [6.07, 6.45) is 0.411.